The van der Waals surface area contributed by atoms with Gasteiger partial charge in [-0.25, -0.2) is 4.98 Å². The Balaban J connectivity index is 1.82. The molecule has 2 heterocycles. The summed E-state index contributed by atoms with van der Waals surface area (Å²) >= 11 is 0. The number of ketones is 1. The smallest absolute Gasteiger partial charge is 0.145 e. The van der Waals surface area contributed by atoms with E-state index in [1.807, 2.05) is 18.2 Å². The van der Waals surface area contributed by atoms with Crippen LogP contribution in [0, 0.1) is 0 Å². The molecule has 1 aromatic carbocycles. The van der Waals surface area contributed by atoms with Crippen LogP contribution >= 0.6 is 0 Å². The summed E-state index contributed by atoms with van der Waals surface area (Å²) in [5.74, 6) is 0.599. The maximum absolute atomic E-state index is 12.5. The lowest BCUT2D eigenvalue weighted by Gasteiger charge is -2.25. The van der Waals surface area contributed by atoms with Crippen molar-refractivity contribution in [1.29, 1.82) is 0 Å². The average molecular weight is 267 g/mol. The molecule has 0 bridgehead atoms. The Morgan fingerprint density at radius 1 is 1.35 bits per heavy atom. The number of pyridine rings is 1. The fraction of sp³-hybridized carbons (Fsp3) is 0.250. The van der Waals surface area contributed by atoms with Crippen molar-refractivity contribution in [1.82, 2.24) is 10.3 Å². The lowest BCUT2D eigenvalue weighted by molar-refractivity contribution is -0.119. The van der Waals surface area contributed by atoms with Crippen molar-refractivity contribution in [3.8, 4) is 0 Å². The highest BCUT2D eigenvalue weighted by Gasteiger charge is 2.25. The minimum Gasteiger partial charge on any atom is -0.384 e. The second-order valence-corrected chi connectivity index (χ2v) is 5.11. The SMILES string of the molecule is Nc1cc(CC(=O)C2CNCc3ccccc32)ccn1. The first kappa shape index (κ1) is 12.8. The van der Waals surface area contributed by atoms with Crippen molar-refractivity contribution >= 4 is 11.6 Å². The van der Waals surface area contributed by atoms with Crippen LogP contribution in [0.1, 0.15) is 22.6 Å². The van der Waals surface area contributed by atoms with Crippen molar-refractivity contribution < 1.29 is 4.79 Å². The number of hydrogen-bond donors (Lipinski definition) is 2. The van der Waals surface area contributed by atoms with Gasteiger partial charge in [0, 0.05) is 25.7 Å². The number of carbonyl (C=O) groups excluding carboxylic acids is 1. The lowest BCUT2D eigenvalue weighted by atomic mass is 9.86. The number of carbonyl (C=O) groups is 1. The van der Waals surface area contributed by atoms with Gasteiger partial charge in [0.1, 0.15) is 11.6 Å². The van der Waals surface area contributed by atoms with Crippen LogP contribution in [-0.2, 0) is 17.8 Å². The van der Waals surface area contributed by atoms with Gasteiger partial charge in [-0.3, -0.25) is 4.79 Å². The number of rotatable bonds is 3. The normalized spacial score (nSPS) is 17.5. The zero-order valence-electron chi connectivity index (χ0n) is 11.2. The van der Waals surface area contributed by atoms with Gasteiger partial charge >= 0.3 is 0 Å². The summed E-state index contributed by atoms with van der Waals surface area (Å²) in [6.07, 6.45) is 2.04. The topological polar surface area (TPSA) is 68.0 Å². The monoisotopic (exact) mass is 267 g/mol. The quantitative estimate of drug-likeness (QED) is 0.887. The highest BCUT2D eigenvalue weighted by molar-refractivity contribution is 5.88. The minimum atomic E-state index is -0.0747. The maximum Gasteiger partial charge on any atom is 0.145 e. The lowest BCUT2D eigenvalue weighted by Crippen LogP contribution is -2.33. The van der Waals surface area contributed by atoms with Gasteiger partial charge in [0.15, 0.2) is 0 Å². The third-order valence-electron chi connectivity index (χ3n) is 3.71. The Bertz CT molecular complexity index is 639. The van der Waals surface area contributed by atoms with E-state index in [4.69, 9.17) is 5.73 Å². The molecular weight excluding hydrogens is 250 g/mol. The van der Waals surface area contributed by atoms with Crippen molar-refractivity contribution in [3.63, 3.8) is 0 Å². The third kappa shape index (κ3) is 2.56. The number of Topliss-reactive ketones (excluding diaryl/α,β-unsaturated/α-hetero) is 1. The summed E-state index contributed by atoms with van der Waals surface area (Å²) in [6.45, 7) is 1.54. The number of nitrogen functional groups attached to an aromatic ring is 1. The predicted octanol–water partition coefficient (Wildman–Crippen LogP) is 1.66. The van der Waals surface area contributed by atoms with E-state index in [0.717, 1.165) is 17.7 Å². The van der Waals surface area contributed by atoms with E-state index >= 15 is 0 Å². The molecule has 0 saturated heterocycles. The number of anilines is 1. The van der Waals surface area contributed by atoms with Gasteiger partial charge < -0.3 is 11.1 Å². The number of benzene rings is 1. The molecule has 1 aliphatic heterocycles. The molecule has 102 valence electrons. The first-order valence-corrected chi connectivity index (χ1v) is 6.75. The predicted molar refractivity (Wildman–Crippen MR) is 78.3 cm³/mol. The molecule has 4 heteroatoms. The van der Waals surface area contributed by atoms with Gasteiger partial charge in [0.25, 0.3) is 0 Å². The summed E-state index contributed by atoms with van der Waals surface area (Å²) in [7, 11) is 0. The number of nitrogens with zero attached hydrogens (tertiary/aromatic N) is 1. The van der Waals surface area contributed by atoms with Gasteiger partial charge in [-0.2, -0.15) is 0 Å². The van der Waals surface area contributed by atoms with Gasteiger partial charge in [0.05, 0.1) is 5.92 Å². The van der Waals surface area contributed by atoms with Crippen LogP contribution < -0.4 is 11.1 Å². The fourth-order valence-electron chi connectivity index (χ4n) is 2.71. The molecule has 2 aromatic rings. The zero-order valence-corrected chi connectivity index (χ0v) is 11.2. The Morgan fingerprint density at radius 2 is 2.20 bits per heavy atom. The second kappa shape index (κ2) is 5.43. The van der Waals surface area contributed by atoms with Crippen LogP contribution in [0.5, 0.6) is 0 Å². The number of nitrogens with one attached hydrogen (secondary N) is 1. The van der Waals surface area contributed by atoms with Crippen molar-refractivity contribution in [2.75, 3.05) is 12.3 Å². The van der Waals surface area contributed by atoms with E-state index in [1.165, 1.54) is 5.56 Å². The number of hydrogen-bond acceptors (Lipinski definition) is 4. The highest BCUT2D eigenvalue weighted by Crippen LogP contribution is 2.25. The molecule has 20 heavy (non-hydrogen) atoms. The van der Waals surface area contributed by atoms with Crippen molar-refractivity contribution in [2.24, 2.45) is 0 Å². The first-order chi connectivity index (χ1) is 9.74. The minimum absolute atomic E-state index is 0.0747. The molecule has 0 fully saturated rings. The molecule has 0 saturated carbocycles. The molecule has 0 amide bonds. The number of fused-ring (bicyclic) bond motifs is 1. The largest absolute Gasteiger partial charge is 0.384 e. The molecular formula is C16H17N3O. The van der Waals surface area contributed by atoms with E-state index in [1.54, 1.807) is 12.3 Å². The Labute approximate surface area is 118 Å². The first-order valence-electron chi connectivity index (χ1n) is 6.75. The van der Waals surface area contributed by atoms with Gasteiger partial charge in [-0.15, -0.1) is 0 Å². The van der Waals surface area contributed by atoms with Crippen LogP contribution in [0.4, 0.5) is 5.82 Å². The molecule has 3 rings (SSSR count). The number of nitrogens with two attached hydrogens (primary N) is 1. The van der Waals surface area contributed by atoms with Crippen LogP contribution in [0.15, 0.2) is 42.6 Å². The number of aromatic nitrogens is 1. The van der Waals surface area contributed by atoms with Gasteiger partial charge in [-0.05, 0) is 28.8 Å². The van der Waals surface area contributed by atoms with E-state index in [2.05, 4.69) is 22.4 Å². The summed E-state index contributed by atoms with van der Waals surface area (Å²) in [4.78, 5) is 16.5. The van der Waals surface area contributed by atoms with Gasteiger partial charge in [-0.1, -0.05) is 24.3 Å². The summed E-state index contributed by atoms with van der Waals surface area (Å²) in [5.41, 5.74) is 8.94. The van der Waals surface area contributed by atoms with Crippen molar-refractivity contribution in [2.45, 2.75) is 18.9 Å². The van der Waals surface area contributed by atoms with E-state index in [-0.39, 0.29) is 11.7 Å². The molecule has 3 N–H and O–H groups in total. The molecule has 0 spiro atoms. The van der Waals surface area contributed by atoms with E-state index in [0.29, 0.717) is 18.8 Å². The Hall–Kier alpha value is -2.20. The molecule has 0 aliphatic carbocycles. The standard InChI is InChI=1S/C16H17N3O/c17-16-8-11(5-6-19-16)7-15(20)14-10-18-9-12-3-1-2-4-13(12)14/h1-6,8,14,18H,7,9-10H2,(H2,17,19). The fourth-order valence-corrected chi connectivity index (χ4v) is 2.71. The van der Waals surface area contributed by atoms with Crippen LogP contribution in [-0.4, -0.2) is 17.3 Å². The van der Waals surface area contributed by atoms with E-state index < -0.39 is 0 Å². The van der Waals surface area contributed by atoms with Crippen LogP contribution in [0.3, 0.4) is 0 Å². The van der Waals surface area contributed by atoms with E-state index in [9.17, 15) is 4.79 Å². The summed E-state index contributed by atoms with van der Waals surface area (Å²) in [6, 6.07) is 11.7. The molecule has 1 aromatic heterocycles. The van der Waals surface area contributed by atoms with Crippen molar-refractivity contribution in [3.05, 3.63) is 59.3 Å². The Morgan fingerprint density at radius 3 is 3.05 bits per heavy atom. The third-order valence-corrected chi connectivity index (χ3v) is 3.71. The Kier molecular flexibility index (Phi) is 3.48. The molecule has 1 aliphatic rings. The molecule has 0 radical (unpaired) electrons. The second-order valence-electron chi connectivity index (χ2n) is 5.11. The summed E-state index contributed by atoms with van der Waals surface area (Å²) < 4.78 is 0. The molecule has 1 atom stereocenters. The average Bonchev–Trinajstić information content (AvgIpc) is 2.46. The van der Waals surface area contributed by atoms with Crippen LogP contribution in [0.2, 0.25) is 0 Å². The zero-order chi connectivity index (χ0) is 13.9. The maximum atomic E-state index is 12.5. The van der Waals surface area contributed by atoms with Crippen LogP contribution in [0.25, 0.3) is 0 Å². The summed E-state index contributed by atoms with van der Waals surface area (Å²) in [5, 5.41) is 3.31. The van der Waals surface area contributed by atoms with Gasteiger partial charge in [0.2, 0.25) is 0 Å². The highest BCUT2D eigenvalue weighted by atomic mass is 16.1. The molecule has 4 nitrogen and oxygen atoms in total. The molecule has 1 unspecified atom stereocenters.